The van der Waals surface area contributed by atoms with Crippen molar-refractivity contribution in [1.29, 1.82) is 0 Å². The first-order chi connectivity index (χ1) is 17.0. The Morgan fingerprint density at radius 3 is 2.71 bits per heavy atom. The molecule has 1 aliphatic heterocycles. The Morgan fingerprint density at radius 1 is 1.09 bits per heavy atom. The summed E-state index contributed by atoms with van der Waals surface area (Å²) >= 11 is 0. The summed E-state index contributed by atoms with van der Waals surface area (Å²) in [5.41, 5.74) is 5.63. The van der Waals surface area contributed by atoms with Crippen LogP contribution in [0.15, 0.2) is 72.8 Å². The maximum absolute atomic E-state index is 11.8. The molecule has 2 N–H and O–H groups in total. The number of benzene rings is 3. The minimum atomic E-state index is -0.263. The molecular formula is C29H29N3O3. The molecule has 0 saturated carbocycles. The Hall–Kier alpha value is -3.64. The average Bonchev–Trinajstić information content (AvgIpc) is 3.23. The van der Waals surface area contributed by atoms with Gasteiger partial charge in [-0.2, -0.15) is 0 Å². The summed E-state index contributed by atoms with van der Waals surface area (Å²) in [6.07, 6.45) is 3.59. The molecule has 178 valence electrons. The lowest BCUT2D eigenvalue weighted by molar-refractivity contribution is -0.383. The van der Waals surface area contributed by atoms with E-state index in [1.165, 1.54) is 11.1 Å². The summed E-state index contributed by atoms with van der Waals surface area (Å²) in [5.74, 6) is 0.598. The highest BCUT2D eigenvalue weighted by molar-refractivity contribution is 5.93. The molecule has 6 heteroatoms. The van der Waals surface area contributed by atoms with Crippen molar-refractivity contribution in [2.75, 3.05) is 19.6 Å². The lowest BCUT2D eigenvalue weighted by atomic mass is 9.58. The van der Waals surface area contributed by atoms with Gasteiger partial charge < -0.3 is 15.0 Å². The minimum Gasteiger partial charge on any atom is -0.508 e. The molecule has 2 atom stereocenters. The number of H-pyrrole nitrogens is 1. The van der Waals surface area contributed by atoms with E-state index in [1.807, 2.05) is 24.3 Å². The van der Waals surface area contributed by atoms with E-state index in [0.29, 0.717) is 11.7 Å². The van der Waals surface area contributed by atoms with E-state index in [4.69, 9.17) is 0 Å². The number of hydrogen-bond donors (Lipinski definition) is 2. The summed E-state index contributed by atoms with van der Waals surface area (Å²) < 4.78 is 0. The van der Waals surface area contributed by atoms with Gasteiger partial charge in [0.1, 0.15) is 5.75 Å². The topological polar surface area (TPSA) is 82.4 Å². The number of nitrogens with zero attached hydrogens (tertiary/aromatic N) is 2. The highest BCUT2D eigenvalue weighted by Gasteiger charge is 2.48. The van der Waals surface area contributed by atoms with Crippen LogP contribution in [0.5, 0.6) is 5.75 Å². The normalized spacial score (nSPS) is 22.0. The number of aromatic hydroxyl groups is 1. The number of aromatic nitrogens is 1. The zero-order chi connectivity index (χ0) is 24.0. The number of non-ortho nitro benzene ring substituents is 1. The molecular weight excluding hydrogens is 438 g/mol. The molecule has 1 aliphatic carbocycles. The molecule has 1 saturated heterocycles. The van der Waals surface area contributed by atoms with E-state index in [1.54, 1.807) is 18.2 Å². The predicted molar refractivity (Wildman–Crippen MR) is 137 cm³/mol. The number of likely N-dealkylation sites (tertiary alicyclic amines) is 1. The summed E-state index contributed by atoms with van der Waals surface area (Å²) in [5, 5.41) is 22.9. The highest BCUT2D eigenvalue weighted by atomic mass is 16.6. The number of nitro benzene ring substituents is 1. The Morgan fingerprint density at radius 2 is 1.91 bits per heavy atom. The van der Waals surface area contributed by atoms with Crippen molar-refractivity contribution < 1.29 is 10.0 Å². The number of fused-ring (bicyclic) bond motifs is 4. The zero-order valence-electron chi connectivity index (χ0n) is 19.6. The minimum absolute atomic E-state index is 0.107. The van der Waals surface area contributed by atoms with Crippen LogP contribution < -0.4 is 0 Å². The number of rotatable bonds is 5. The van der Waals surface area contributed by atoms with Crippen molar-refractivity contribution in [3.8, 4) is 5.75 Å². The van der Waals surface area contributed by atoms with E-state index < -0.39 is 0 Å². The number of aromatic amines is 1. The maximum Gasteiger partial charge on any atom is 0.279 e. The Bertz CT molecular complexity index is 1400. The number of nitro groups is 1. The number of phenolic OH excluding ortho intramolecular Hbond substituents is 1. The van der Waals surface area contributed by atoms with Gasteiger partial charge in [0, 0.05) is 30.3 Å². The van der Waals surface area contributed by atoms with Crippen molar-refractivity contribution in [2.24, 2.45) is 5.92 Å². The Kier molecular flexibility index (Phi) is 5.33. The largest absolute Gasteiger partial charge is 0.508 e. The highest BCUT2D eigenvalue weighted by Crippen LogP contribution is 2.50. The summed E-state index contributed by atoms with van der Waals surface area (Å²) in [4.78, 5) is 17.6. The van der Waals surface area contributed by atoms with Gasteiger partial charge in [0.05, 0.1) is 15.8 Å². The fourth-order valence-corrected chi connectivity index (χ4v) is 6.51. The van der Waals surface area contributed by atoms with E-state index in [0.717, 1.165) is 67.5 Å². The van der Waals surface area contributed by atoms with Crippen molar-refractivity contribution in [3.05, 3.63) is 105 Å². The Balaban J connectivity index is 1.39. The first-order valence-corrected chi connectivity index (χ1v) is 12.4. The van der Waals surface area contributed by atoms with Crippen LogP contribution in [-0.4, -0.2) is 39.5 Å². The second-order valence-corrected chi connectivity index (χ2v) is 10.1. The lowest BCUT2D eigenvalue weighted by Gasteiger charge is -2.51. The van der Waals surface area contributed by atoms with Gasteiger partial charge in [-0.3, -0.25) is 10.1 Å². The molecule has 1 aromatic heterocycles. The SMILES string of the molecule is O=[N+]([O-])c1cccc2[nH]c3c(c12)CC1CN(CCc2ccccc2)CC[C@]1(c1cccc(O)c1)C3. The molecule has 4 aromatic rings. The second kappa shape index (κ2) is 8.54. The molecule has 1 unspecified atom stereocenters. The number of phenols is 1. The van der Waals surface area contributed by atoms with Gasteiger partial charge in [0.2, 0.25) is 0 Å². The number of hydrogen-bond acceptors (Lipinski definition) is 4. The molecule has 2 heterocycles. The number of piperidine rings is 1. The van der Waals surface area contributed by atoms with Gasteiger partial charge in [-0.05, 0) is 73.0 Å². The van der Waals surface area contributed by atoms with Crippen molar-refractivity contribution in [2.45, 2.75) is 31.1 Å². The van der Waals surface area contributed by atoms with Gasteiger partial charge in [0.15, 0.2) is 0 Å². The first-order valence-electron chi connectivity index (χ1n) is 12.4. The monoisotopic (exact) mass is 467 g/mol. The van der Waals surface area contributed by atoms with Gasteiger partial charge in [0.25, 0.3) is 5.69 Å². The van der Waals surface area contributed by atoms with Crippen LogP contribution in [0.4, 0.5) is 5.69 Å². The quantitative estimate of drug-likeness (QED) is 0.305. The molecule has 6 nitrogen and oxygen atoms in total. The molecule has 2 aliphatic rings. The third-order valence-corrected chi connectivity index (χ3v) is 8.25. The molecule has 3 aromatic carbocycles. The van der Waals surface area contributed by atoms with Crippen molar-refractivity contribution in [1.82, 2.24) is 9.88 Å². The first kappa shape index (κ1) is 21.9. The number of nitrogens with one attached hydrogen (secondary N) is 1. The third-order valence-electron chi connectivity index (χ3n) is 8.25. The fraction of sp³-hybridized carbons (Fsp3) is 0.310. The molecule has 0 bridgehead atoms. The third kappa shape index (κ3) is 3.78. The Labute approximate surface area is 204 Å². The smallest absolute Gasteiger partial charge is 0.279 e. The standard InChI is InChI=1S/C29H29N3O3/c33-23-9-4-8-21(16-23)29-13-15-31(14-12-20-6-2-1-3-7-20)19-22(29)17-24-26(18-29)30-25-10-5-11-27(28(24)25)32(34)35/h1-11,16,22,30,33H,12-15,17-19H2/t22?,29-/m1/s1. The van der Waals surface area contributed by atoms with Gasteiger partial charge in [-0.25, -0.2) is 0 Å². The van der Waals surface area contributed by atoms with Crippen LogP contribution in [0.1, 0.15) is 28.8 Å². The molecule has 6 rings (SSSR count). The van der Waals surface area contributed by atoms with Crippen LogP contribution in [-0.2, 0) is 24.7 Å². The van der Waals surface area contributed by atoms with E-state index in [9.17, 15) is 15.2 Å². The fourth-order valence-electron chi connectivity index (χ4n) is 6.51. The van der Waals surface area contributed by atoms with Crippen molar-refractivity contribution >= 4 is 16.6 Å². The van der Waals surface area contributed by atoms with E-state index in [2.05, 4.69) is 40.2 Å². The van der Waals surface area contributed by atoms with E-state index in [-0.39, 0.29) is 16.0 Å². The van der Waals surface area contributed by atoms with Gasteiger partial charge in [-0.1, -0.05) is 48.5 Å². The van der Waals surface area contributed by atoms with Crippen LogP contribution in [0, 0.1) is 16.0 Å². The molecule has 35 heavy (non-hydrogen) atoms. The van der Waals surface area contributed by atoms with Crippen LogP contribution in [0.3, 0.4) is 0 Å². The van der Waals surface area contributed by atoms with E-state index >= 15 is 0 Å². The molecule has 0 radical (unpaired) electrons. The van der Waals surface area contributed by atoms with Gasteiger partial charge >= 0.3 is 0 Å². The molecule has 0 spiro atoms. The van der Waals surface area contributed by atoms with Crippen LogP contribution >= 0.6 is 0 Å². The van der Waals surface area contributed by atoms with Crippen molar-refractivity contribution in [3.63, 3.8) is 0 Å². The second-order valence-electron chi connectivity index (χ2n) is 10.1. The van der Waals surface area contributed by atoms with Crippen LogP contribution in [0.25, 0.3) is 10.9 Å². The van der Waals surface area contributed by atoms with Gasteiger partial charge in [-0.15, -0.1) is 0 Å². The maximum atomic E-state index is 11.8. The zero-order valence-corrected chi connectivity index (χ0v) is 19.6. The summed E-state index contributed by atoms with van der Waals surface area (Å²) in [6.45, 7) is 2.93. The average molecular weight is 468 g/mol. The molecule has 0 amide bonds. The van der Waals surface area contributed by atoms with Crippen LogP contribution in [0.2, 0.25) is 0 Å². The summed E-state index contributed by atoms with van der Waals surface area (Å²) in [7, 11) is 0. The summed E-state index contributed by atoms with van der Waals surface area (Å²) in [6, 6.07) is 23.6. The lowest BCUT2D eigenvalue weighted by Crippen LogP contribution is -2.54. The molecule has 1 fully saturated rings. The predicted octanol–water partition coefficient (Wildman–Crippen LogP) is 5.38.